The van der Waals surface area contributed by atoms with Gasteiger partial charge in [0.2, 0.25) is 0 Å². The molecule has 0 unspecified atom stereocenters. The fourth-order valence-corrected chi connectivity index (χ4v) is 5.68. The molecule has 0 atom stereocenters. The molecule has 2 amide bonds. The number of hydrogen-bond donors (Lipinski definition) is 0. The van der Waals surface area contributed by atoms with E-state index in [2.05, 4.69) is 12.1 Å². The van der Waals surface area contributed by atoms with Crippen LogP contribution in [-0.2, 0) is 11.2 Å². The molecule has 2 aromatic carbocycles. The highest BCUT2D eigenvalue weighted by Gasteiger charge is 2.35. The lowest BCUT2D eigenvalue weighted by molar-refractivity contribution is 0.0421. The summed E-state index contributed by atoms with van der Waals surface area (Å²) in [6.45, 7) is -0.0690. The van der Waals surface area contributed by atoms with Crippen molar-refractivity contribution in [3.05, 3.63) is 98.9 Å². The molecule has 0 N–H and O–H groups in total. The SMILES string of the molecule is O=C(OCCN1C(=O)c2ccccc2C1=O)c1c2c(nc3ccccc13)C(=Cc1cccs1)CCC2. The first-order valence-electron chi connectivity index (χ1n) is 11.9. The summed E-state index contributed by atoms with van der Waals surface area (Å²) < 4.78 is 5.67. The van der Waals surface area contributed by atoms with E-state index >= 15 is 0 Å². The van der Waals surface area contributed by atoms with Gasteiger partial charge in [0.05, 0.1) is 34.4 Å². The van der Waals surface area contributed by atoms with Crippen LogP contribution in [0.5, 0.6) is 0 Å². The van der Waals surface area contributed by atoms with Gasteiger partial charge in [-0.15, -0.1) is 11.3 Å². The van der Waals surface area contributed by atoms with Crippen molar-refractivity contribution >= 4 is 51.7 Å². The fraction of sp³-hybridized carbons (Fsp3) is 0.172. The Labute approximate surface area is 211 Å². The molecule has 7 heteroatoms. The van der Waals surface area contributed by atoms with Crippen LogP contribution >= 0.6 is 11.3 Å². The number of para-hydroxylation sites is 1. The monoisotopic (exact) mass is 494 g/mol. The maximum atomic E-state index is 13.5. The average molecular weight is 495 g/mol. The number of esters is 1. The summed E-state index contributed by atoms with van der Waals surface area (Å²) in [5, 5.41) is 2.79. The van der Waals surface area contributed by atoms with Gasteiger partial charge in [-0.25, -0.2) is 9.78 Å². The van der Waals surface area contributed by atoms with E-state index in [9.17, 15) is 14.4 Å². The highest BCUT2D eigenvalue weighted by Crippen LogP contribution is 2.37. The number of imide groups is 1. The van der Waals surface area contributed by atoms with Gasteiger partial charge in [0.25, 0.3) is 11.8 Å². The molecular weight excluding hydrogens is 472 g/mol. The second-order valence-electron chi connectivity index (χ2n) is 8.81. The van der Waals surface area contributed by atoms with Crippen LogP contribution in [0, 0.1) is 0 Å². The molecule has 2 aromatic heterocycles. The van der Waals surface area contributed by atoms with Crippen LogP contribution in [0.2, 0.25) is 0 Å². The zero-order valence-electron chi connectivity index (χ0n) is 19.4. The van der Waals surface area contributed by atoms with Crippen molar-refractivity contribution in [3.8, 4) is 0 Å². The molecule has 0 saturated carbocycles. The number of benzene rings is 2. The Hall–Kier alpha value is -4.10. The summed E-state index contributed by atoms with van der Waals surface area (Å²) in [5.41, 5.74) is 4.89. The molecule has 3 heterocycles. The second kappa shape index (κ2) is 9.17. The molecule has 36 heavy (non-hydrogen) atoms. The molecular formula is C29H22N2O4S. The third-order valence-corrected chi connectivity index (χ3v) is 7.48. The van der Waals surface area contributed by atoms with Crippen LogP contribution < -0.4 is 0 Å². The predicted molar refractivity (Wildman–Crippen MR) is 139 cm³/mol. The Morgan fingerprint density at radius 1 is 0.972 bits per heavy atom. The number of thiophene rings is 1. The number of amides is 2. The zero-order valence-corrected chi connectivity index (χ0v) is 20.2. The number of fused-ring (bicyclic) bond motifs is 3. The van der Waals surface area contributed by atoms with E-state index in [1.807, 2.05) is 35.7 Å². The van der Waals surface area contributed by atoms with Gasteiger partial charge >= 0.3 is 5.97 Å². The van der Waals surface area contributed by atoms with E-state index in [1.54, 1.807) is 35.6 Å². The van der Waals surface area contributed by atoms with Crippen LogP contribution in [0.25, 0.3) is 22.6 Å². The summed E-state index contributed by atoms with van der Waals surface area (Å²) >= 11 is 1.67. The van der Waals surface area contributed by atoms with Crippen molar-refractivity contribution in [2.45, 2.75) is 19.3 Å². The lowest BCUT2D eigenvalue weighted by Gasteiger charge is -2.22. The van der Waals surface area contributed by atoms with Crippen LogP contribution in [0.1, 0.15) is 60.1 Å². The highest BCUT2D eigenvalue weighted by atomic mass is 32.1. The Morgan fingerprint density at radius 3 is 2.47 bits per heavy atom. The van der Waals surface area contributed by atoms with E-state index in [0.717, 1.165) is 56.8 Å². The first-order chi connectivity index (χ1) is 17.6. The summed E-state index contributed by atoms with van der Waals surface area (Å²) in [4.78, 5) is 46.0. The van der Waals surface area contributed by atoms with Gasteiger partial charge in [-0.1, -0.05) is 36.4 Å². The summed E-state index contributed by atoms with van der Waals surface area (Å²) in [5.74, 6) is -1.18. The van der Waals surface area contributed by atoms with Crippen molar-refractivity contribution in [1.82, 2.24) is 9.88 Å². The van der Waals surface area contributed by atoms with E-state index in [0.29, 0.717) is 16.7 Å². The van der Waals surface area contributed by atoms with Crippen molar-refractivity contribution in [1.29, 1.82) is 0 Å². The molecule has 6 nitrogen and oxygen atoms in total. The van der Waals surface area contributed by atoms with Gasteiger partial charge in [-0.05, 0) is 66.1 Å². The molecule has 178 valence electrons. The summed E-state index contributed by atoms with van der Waals surface area (Å²) in [6, 6.07) is 18.4. The van der Waals surface area contributed by atoms with Gasteiger partial charge in [0, 0.05) is 10.3 Å². The van der Waals surface area contributed by atoms with Gasteiger partial charge < -0.3 is 4.74 Å². The van der Waals surface area contributed by atoms with E-state index in [-0.39, 0.29) is 25.0 Å². The molecule has 0 fully saturated rings. The van der Waals surface area contributed by atoms with Crippen molar-refractivity contribution in [3.63, 3.8) is 0 Å². The molecule has 6 rings (SSSR count). The number of pyridine rings is 1. The zero-order chi connectivity index (χ0) is 24.6. The van der Waals surface area contributed by atoms with E-state index in [1.165, 1.54) is 0 Å². The van der Waals surface area contributed by atoms with Gasteiger partial charge in [-0.3, -0.25) is 14.5 Å². The Kier molecular flexibility index (Phi) is 5.70. The minimum Gasteiger partial charge on any atom is -0.460 e. The number of allylic oxidation sites excluding steroid dienone is 1. The lowest BCUT2D eigenvalue weighted by Crippen LogP contribution is -2.33. The summed E-state index contributed by atoms with van der Waals surface area (Å²) in [6.07, 6.45) is 4.70. The number of ether oxygens (including phenoxy) is 1. The minimum absolute atomic E-state index is 0.00677. The maximum absolute atomic E-state index is 13.5. The minimum atomic E-state index is -0.459. The third-order valence-electron chi connectivity index (χ3n) is 6.66. The number of carbonyl (C=O) groups excluding carboxylic acids is 3. The Morgan fingerprint density at radius 2 is 1.72 bits per heavy atom. The van der Waals surface area contributed by atoms with Gasteiger partial charge in [-0.2, -0.15) is 0 Å². The first kappa shape index (κ1) is 22.4. The summed E-state index contributed by atoms with van der Waals surface area (Å²) in [7, 11) is 0. The lowest BCUT2D eigenvalue weighted by atomic mass is 9.86. The van der Waals surface area contributed by atoms with Crippen LogP contribution in [0.3, 0.4) is 0 Å². The molecule has 1 aliphatic heterocycles. The van der Waals surface area contributed by atoms with Gasteiger partial charge in [0.1, 0.15) is 6.61 Å². The number of hydrogen-bond acceptors (Lipinski definition) is 6. The number of rotatable bonds is 5. The van der Waals surface area contributed by atoms with E-state index in [4.69, 9.17) is 9.72 Å². The molecule has 1 aliphatic carbocycles. The maximum Gasteiger partial charge on any atom is 0.339 e. The molecule has 0 bridgehead atoms. The van der Waals surface area contributed by atoms with Crippen molar-refractivity contribution in [2.24, 2.45) is 0 Å². The Balaban J connectivity index is 1.29. The highest BCUT2D eigenvalue weighted by molar-refractivity contribution is 7.10. The Bertz CT molecular complexity index is 1520. The molecule has 0 saturated heterocycles. The first-order valence-corrected chi connectivity index (χ1v) is 12.8. The number of nitrogens with zero attached hydrogens (tertiary/aromatic N) is 2. The topological polar surface area (TPSA) is 76.6 Å². The van der Waals surface area contributed by atoms with Crippen molar-refractivity contribution < 1.29 is 19.1 Å². The predicted octanol–water partition coefficient (Wildman–Crippen LogP) is 5.63. The van der Waals surface area contributed by atoms with Crippen LogP contribution in [0.15, 0.2) is 66.0 Å². The smallest absolute Gasteiger partial charge is 0.339 e. The molecule has 0 spiro atoms. The van der Waals surface area contributed by atoms with Crippen LogP contribution in [0.4, 0.5) is 0 Å². The molecule has 0 radical (unpaired) electrons. The normalized spacial score (nSPS) is 15.9. The quantitative estimate of drug-likeness (QED) is 0.266. The van der Waals surface area contributed by atoms with Crippen LogP contribution in [-0.4, -0.2) is 40.8 Å². The standard InChI is InChI=1S/C29H22N2O4S/c32-27-20-9-1-2-10-21(20)28(33)31(27)14-15-35-29(34)25-22-11-3-4-13-24(22)30-26-18(7-5-12-23(25)26)17-19-8-6-16-36-19/h1-4,6,8-11,13,16-17H,5,7,12,14-15H2. The van der Waals surface area contributed by atoms with E-state index < -0.39 is 5.97 Å². The largest absolute Gasteiger partial charge is 0.460 e. The fourth-order valence-electron chi connectivity index (χ4n) is 5.00. The molecule has 2 aliphatic rings. The van der Waals surface area contributed by atoms with Gasteiger partial charge in [0.15, 0.2) is 0 Å². The third kappa shape index (κ3) is 3.82. The number of aromatic nitrogens is 1. The molecule has 4 aromatic rings. The second-order valence-corrected chi connectivity index (χ2v) is 9.79. The number of carbonyl (C=O) groups is 3. The average Bonchev–Trinajstić information content (AvgIpc) is 3.50. The van der Waals surface area contributed by atoms with Crippen molar-refractivity contribution in [2.75, 3.05) is 13.2 Å².